The molecule has 94 valence electrons. The first-order chi connectivity index (χ1) is 8.77. The lowest BCUT2D eigenvalue weighted by atomic mass is 10.2. The van der Waals surface area contributed by atoms with E-state index in [0.717, 1.165) is 5.69 Å². The number of carbonyl (C=O) groups excluding carboxylic acids is 1. The van der Waals surface area contributed by atoms with Crippen molar-refractivity contribution in [2.75, 3.05) is 11.4 Å². The van der Waals surface area contributed by atoms with Crippen molar-refractivity contribution in [3.63, 3.8) is 0 Å². The summed E-state index contributed by atoms with van der Waals surface area (Å²) >= 11 is 0. The van der Waals surface area contributed by atoms with E-state index >= 15 is 0 Å². The molecule has 1 aromatic rings. The molecule has 0 amide bonds. The van der Waals surface area contributed by atoms with Crippen LogP contribution in [0.1, 0.15) is 13.3 Å². The van der Waals surface area contributed by atoms with Gasteiger partial charge in [-0.15, -0.1) is 6.58 Å². The standard InChI is InChI=1S/C16H19NO/c1-3-9-16(18)12-8-14-17(13-4-2)15-10-6-5-7-11-15/h3-8,10-13H,1,9,14H2,2H3/b12-8+,13-4+. The Balaban J connectivity index is 2.65. The molecule has 0 aliphatic rings. The molecule has 0 aliphatic heterocycles. The number of hydrogen-bond donors (Lipinski definition) is 0. The van der Waals surface area contributed by atoms with E-state index in [1.54, 1.807) is 12.2 Å². The van der Waals surface area contributed by atoms with Crippen LogP contribution in [0.25, 0.3) is 0 Å². The lowest BCUT2D eigenvalue weighted by molar-refractivity contribution is -0.113. The number of benzene rings is 1. The molecular formula is C16H19NO. The molecule has 0 saturated carbocycles. The fraction of sp³-hybridized carbons (Fsp3) is 0.188. The predicted molar refractivity (Wildman–Crippen MR) is 77.6 cm³/mol. The Hall–Kier alpha value is -2.09. The zero-order valence-corrected chi connectivity index (χ0v) is 10.8. The van der Waals surface area contributed by atoms with Gasteiger partial charge in [-0.1, -0.05) is 36.4 Å². The van der Waals surface area contributed by atoms with E-state index in [2.05, 4.69) is 11.5 Å². The van der Waals surface area contributed by atoms with Crippen molar-refractivity contribution in [3.05, 3.63) is 67.4 Å². The minimum atomic E-state index is 0.0819. The highest BCUT2D eigenvalue weighted by Gasteiger charge is 1.99. The van der Waals surface area contributed by atoms with Gasteiger partial charge in [0.05, 0.1) is 0 Å². The van der Waals surface area contributed by atoms with Crippen molar-refractivity contribution >= 4 is 11.5 Å². The van der Waals surface area contributed by atoms with E-state index in [1.807, 2.05) is 55.6 Å². The van der Waals surface area contributed by atoms with Crippen molar-refractivity contribution in [1.29, 1.82) is 0 Å². The summed E-state index contributed by atoms with van der Waals surface area (Å²) in [6.45, 7) is 6.20. The molecule has 0 atom stereocenters. The highest BCUT2D eigenvalue weighted by molar-refractivity contribution is 5.90. The summed E-state index contributed by atoms with van der Waals surface area (Å²) in [7, 11) is 0. The van der Waals surface area contributed by atoms with Crippen LogP contribution in [0.5, 0.6) is 0 Å². The van der Waals surface area contributed by atoms with Crippen LogP contribution in [0.3, 0.4) is 0 Å². The van der Waals surface area contributed by atoms with E-state index < -0.39 is 0 Å². The van der Waals surface area contributed by atoms with Gasteiger partial charge in [-0.2, -0.15) is 0 Å². The summed E-state index contributed by atoms with van der Waals surface area (Å²) in [6.07, 6.45) is 9.48. The number of anilines is 1. The third-order valence-electron chi connectivity index (χ3n) is 2.37. The molecule has 0 aliphatic carbocycles. The van der Waals surface area contributed by atoms with Gasteiger partial charge < -0.3 is 4.90 Å². The van der Waals surface area contributed by atoms with Crippen LogP contribution in [-0.2, 0) is 4.79 Å². The molecule has 1 rings (SSSR count). The van der Waals surface area contributed by atoms with Gasteiger partial charge in [-0.3, -0.25) is 4.79 Å². The van der Waals surface area contributed by atoms with Gasteiger partial charge in [0.2, 0.25) is 0 Å². The molecule has 0 bridgehead atoms. The average Bonchev–Trinajstić information content (AvgIpc) is 2.39. The third kappa shape index (κ3) is 4.83. The zero-order valence-electron chi connectivity index (χ0n) is 10.8. The van der Waals surface area contributed by atoms with Crippen LogP contribution in [0.4, 0.5) is 5.69 Å². The van der Waals surface area contributed by atoms with Crippen molar-refractivity contribution in [2.45, 2.75) is 13.3 Å². The molecule has 0 N–H and O–H groups in total. The second kappa shape index (κ2) is 8.07. The fourth-order valence-electron chi connectivity index (χ4n) is 1.56. The molecule has 0 spiro atoms. The van der Waals surface area contributed by atoms with Crippen LogP contribution in [-0.4, -0.2) is 12.3 Å². The first-order valence-corrected chi connectivity index (χ1v) is 6.02. The van der Waals surface area contributed by atoms with Gasteiger partial charge in [0, 0.05) is 24.9 Å². The van der Waals surface area contributed by atoms with Crippen molar-refractivity contribution in [1.82, 2.24) is 0 Å². The molecule has 1 aromatic carbocycles. The summed E-state index contributed by atoms with van der Waals surface area (Å²) in [5, 5.41) is 0. The van der Waals surface area contributed by atoms with Gasteiger partial charge >= 0.3 is 0 Å². The molecule has 0 fully saturated rings. The Bertz CT molecular complexity index is 432. The van der Waals surface area contributed by atoms with Gasteiger partial charge in [-0.25, -0.2) is 0 Å². The van der Waals surface area contributed by atoms with Crippen LogP contribution < -0.4 is 4.90 Å². The molecule has 0 radical (unpaired) electrons. The van der Waals surface area contributed by atoms with Gasteiger partial charge in [0.15, 0.2) is 5.78 Å². The summed E-state index contributed by atoms with van der Waals surface area (Å²) in [5.74, 6) is 0.0819. The quantitative estimate of drug-likeness (QED) is 0.535. The normalized spacial score (nSPS) is 10.9. The van der Waals surface area contributed by atoms with Gasteiger partial charge in [-0.05, 0) is 25.1 Å². The van der Waals surface area contributed by atoms with Crippen LogP contribution in [0, 0.1) is 0 Å². The number of rotatable bonds is 7. The summed E-state index contributed by atoms with van der Waals surface area (Å²) < 4.78 is 0. The number of nitrogens with zero attached hydrogens (tertiary/aromatic N) is 1. The van der Waals surface area contributed by atoms with Crippen LogP contribution >= 0.6 is 0 Å². The van der Waals surface area contributed by atoms with Gasteiger partial charge in [0.1, 0.15) is 0 Å². The van der Waals surface area contributed by atoms with Gasteiger partial charge in [0.25, 0.3) is 0 Å². The Morgan fingerprint density at radius 3 is 2.67 bits per heavy atom. The van der Waals surface area contributed by atoms with Crippen molar-refractivity contribution < 1.29 is 4.79 Å². The lowest BCUT2D eigenvalue weighted by Gasteiger charge is -2.18. The Labute approximate surface area is 109 Å². The maximum absolute atomic E-state index is 11.3. The molecule has 0 unspecified atom stereocenters. The monoisotopic (exact) mass is 241 g/mol. The highest BCUT2D eigenvalue weighted by Crippen LogP contribution is 2.13. The molecule has 0 heterocycles. The maximum atomic E-state index is 11.3. The second-order valence-corrected chi connectivity index (χ2v) is 3.83. The van der Waals surface area contributed by atoms with E-state index in [9.17, 15) is 4.79 Å². The van der Waals surface area contributed by atoms with E-state index in [0.29, 0.717) is 13.0 Å². The topological polar surface area (TPSA) is 20.3 Å². The summed E-state index contributed by atoms with van der Waals surface area (Å²) in [6, 6.07) is 10.1. The zero-order chi connectivity index (χ0) is 13.2. The smallest absolute Gasteiger partial charge is 0.159 e. The lowest BCUT2D eigenvalue weighted by Crippen LogP contribution is -2.15. The minimum absolute atomic E-state index is 0.0819. The number of carbonyl (C=O) groups is 1. The number of hydrogen-bond acceptors (Lipinski definition) is 2. The summed E-state index contributed by atoms with van der Waals surface area (Å²) in [5.41, 5.74) is 1.11. The average molecular weight is 241 g/mol. The van der Waals surface area contributed by atoms with Crippen LogP contribution in [0.2, 0.25) is 0 Å². The number of para-hydroxylation sites is 1. The molecular weight excluding hydrogens is 222 g/mol. The largest absolute Gasteiger partial charge is 0.344 e. The first kappa shape index (κ1) is 14.0. The van der Waals surface area contributed by atoms with E-state index in [4.69, 9.17) is 0 Å². The van der Waals surface area contributed by atoms with Crippen molar-refractivity contribution in [2.24, 2.45) is 0 Å². The molecule has 0 aromatic heterocycles. The maximum Gasteiger partial charge on any atom is 0.159 e. The molecule has 0 saturated heterocycles. The SMILES string of the molecule is C=CCC(=O)/C=C/CN(/C=C/C)c1ccccc1. The highest BCUT2D eigenvalue weighted by atomic mass is 16.1. The van der Waals surface area contributed by atoms with Crippen molar-refractivity contribution in [3.8, 4) is 0 Å². The number of ketones is 1. The Morgan fingerprint density at radius 2 is 2.06 bits per heavy atom. The first-order valence-electron chi connectivity index (χ1n) is 6.02. The Kier molecular flexibility index (Phi) is 6.26. The third-order valence-corrected chi connectivity index (χ3v) is 2.37. The molecule has 2 heteroatoms. The van der Waals surface area contributed by atoms with Crippen LogP contribution in [0.15, 0.2) is 67.4 Å². The molecule has 2 nitrogen and oxygen atoms in total. The minimum Gasteiger partial charge on any atom is -0.344 e. The Morgan fingerprint density at radius 1 is 1.33 bits per heavy atom. The van der Waals surface area contributed by atoms with E-state index in [1.165, 1.54) is 0 Å². The fourth-order valence-corrected chi connectivity index (χ4v) is 1.56. The molecule has 18 heavy (non-hydrogen) atoms. The van der Waals surface area contributed by atoms with E-state index in [-0.39, 0.29) is 5.78 Å². The summed E-state index contributed by atoms with van der Waals surface area (Å²) in [4.78, 5) is 13.4. The number of allylic oxidation sites excluding steroid dienone is 3. The predicted octanol–water partition coefficient (Wildman–Crippen LogP) is 3.73. The second-order valence-electron chi connectivity index (χ2n) is 3.83.